The van der Waals surface area contributed by atoms with E-state index in [0.717, 1.165) is 5.56 Å². The Balaban J connectivity index is 0.000000516. The van der Waals surface area contributed by atoms with Gasteiger partial charge >= 0.3 is 33.0 Å². The second kappa shape index (κ2) is 7.92. The van der Waals surface area contributed by atoms with Crippen molar-refractivity contribution in [2.24, 2.45) is 0 Å². The molecule has 0 aliphatic carbocycles. The van der Waals surface area contributed by atoms with Gasteiger partial charge in [-0.25, -0.2) is 0 Å². The molecule has 0 saturated carbocycles. The molecule has 0 aliphatic rings. The van der Waals surface area contributed by atoms with Gasteiger partial charge in [0.25, 0.3) is 0 Å². The quantitative estimate of drug-likeness (QED) is 0.144. The zero-order valence-electron chi connectivity index (χ0n) is 17.4. The number of hydrogen-bond acceptors (Lipinski definition) is 0. The van der Waals surface area contributed by atoms with Crippen molar-refractivity contribution < 1.29 is 29.6 Å². The van der Waals surface area contributed by atoms with Crippen LogP contribution in [0.15, 0.2) is 42.7 Å². The standard InChI is InChI=1S/C20H28NSi.F6P/c1-16(2)22(17(3)4,18(5)6)14-11-19-10-13-21-12-8-7-9-20(21)15-19;1-7(2,3,4,5)6/h7-10,12-13,15-18H,1-6H3;/q+1;-1. The van der Waals surface area contributed by atoms with Gasteiger partial charge in [0.2, 0.25) is 5.52 Å². The third-order valence-electron chi connectivity index (χ3n) is 4.93. The van der Waals surface area contributed by atoms with Crippen molar-refractivity contribution in [3.05, 3.63) is 48.3 Å². The molecule has 0 saturated heterocycles. The molecule has 0 radical (unpaired) electrons. The first-order chi connectivity index (χ1) is 12.8. The number of halogens is 6. The zero-order chi connectivity index (χ0) is 22.7. The summed E-state index contributed by atoms with van der Waals surface area (Å²) in [5.41, 5.74) is 8.14. The normalized spacial score (nSPS) is 14.7. The van der Waals surface area contributed by atoms with Crippen molar-refractivity contribution in [3.63, 3.8) is 0 Å². The van der Waals surface area contributed by atoms with E-state index >= 15 is 0 Å². The monoisotopic (exact) mass is 455 g/mol. The Hall–Kier alpha value is -1.58. The SMILES string of the molecule is CC(C)[Si](C#Cc1cc[n+]2ccccc2c1)(C(C)C)C(C)C.F[P-](F)(F)(F)(F)F. The topological polar surface area (TPSA) is 4.10 Å². The first kappa shape index (κ1) is 25.5. The average Bonchev–Trinajstić information content (AvgIpc) is 2.51. The molecule has 0 N–H and O–H groups in total. The van der Waals surface area contributed by atoms with E-state index in [1.165, 1.54) is 5.52 Å². The van der Waals surface area contributed by atoms with Crippen LogP contribution < -0.4 is 4.40 Å². The predicted molar refractivity (Wildman–Crippen MR) is 111 cm³/mol. The summed E-state index contributed by atoms with van der Waals surface area (Å²) in [7, 11) is -12.3. The first-order valence-electron chi connectivity index (χ1n) is 9.32. The van der Waals surface area contributed by atoms with Crippen LogP contribution in [0.25, 0.3) is 5.52 Å². The van der Waals surface area contributed by atoms with E-state index in [9.17, 15) is 25.2 Å². The van der Waals surface area contributed by atoms with Crippen LogP contribution in [-0.4, -0.2) is 8.07 Å². The maximum absolute atomic E-state index is 10.7. The summed E-state index contributed by atoms with van der Waals surface area (Å²) in [4.78, 5) is 0. The molecule has 9 heteroatoms. The first-order valence-corrected chi connectivity index (χ1v) is 13.6. The third-order valence-corrected chi connectivity index (χ3v) is 11.2. The van der Waals surface area contributed by atoms with Crippen molar-refractivity contribution >= 4 is 21.4 Å². The van der Waals surface area contributed by atoms with Gasteiger partial charge in [-0.15, -0.1) is 5.54 Å². The molecule has 2 aromatic rings. The molecule has 0 unspecified atom stereocenters. The fraction of sp³-hybridized carbons (Fsp3) is 0.450. The summed E-state index contributed by atoms with van der Waals surface area (Å²) in [6.45, 7) is 14.1. The molecule has 0 aromatic carbocycles. The van der Waals surface area contributed by atoms with Crippen LogP contribution in [0.1, 0.15) is 47.1 Å². The molecule has 0 amide bonds. The molecular formula is C20H28F6NPSi. The summed E-state index contributed by atoms with van der Waals surface area (Å²) in [6, 6.07) is 10.6. The Morgan fingerprint density at radius 1 is 0.793 bits per heavy atom. The van der Waals surface area contributed by atoms with E-state index in [4.69, 9.17) is 0 Å². The minimum absolute atomic E-state index is 0.676. The summed E-state index contributed by atoms with van der Waals surface area (Å²) in [6.07, 6.45) is 4.17. The van der Waals surface area contributed by atoms with Gasteiger partial charge in [0, 0.05) is 29.8 Å². The van der Waals surface area contributed by atoms with Gasteiger partial charge in [-0.05, 0) is 22.7 Å². The predicted octanol–water partition coefficient (Wildman–Crippen LogP) is 8.38. The number of nitrogens with zero attached hydrogens (tertiary/aromatic N) is 1. The Morgan fingerprint density at radius 3 is 1.72 bits per heavy atom. The molecule has 29 heavy (non-hydrogen) atoms. The van der Waals surface area contributed by atoms with Crippen molar-refractivity contribution in [1.82, 2.24) is 0 Å². The van der Waals surface area contributed by atoms with Crippen LogP contribution >= 0.6 is 7.81 Å². The molecule has 0 bridgehead atoms. The van der Waals surface area contributed by atoms with Crippen molar-refractivity contribution in [2.45, 2.75) is 58.2 Å². The number of rotatable bonds is 3. The summed E-state index contributed by atoms with van der Waals surface area (Å²) in [5, 5.41) is 0. The van der Waals surface area contributed by atoms with Crippen molar-refractivity contribution in [2.75, 3.05) is 0 Å². The van der Waals surface area contributed by atoms with E-state index < -0.39 is 15.9 Å². The van der Waals surface area contributed by atoms with Gasteiger partial charge in [0.15, 0.2) is 12.4 Å². The van der Waals surface area contributed by atoms with E-state index in [0.29, 0.717) is 16.6 Å². The summed E-state index contributed by atoms with van der Waals surface area (Å²) in [5.74, 6) is 3.52. The van der Waals surface area contributed by atoms with Crippen molar-refractivity contribution in [1.29, 1.82) is 0 Å². The Labute approximate surface area is 169 Å². The zero-order valence-corrected chi connectivity index (χ0v) is 19.3. The summed E-state index contributed by atoms with van der Waals surface area (Å²) < 4.78 is 61.3. The van der Waals surface area contributed by atoms with E-state index in [1.54, 1.807) is 0 Å². The molecule has 0 aliphatic heterocycles. The van der Waals surface area contributed by atoms with Gasteiger partial charge in [-0.2, -0.15) is 4.40 Å². The minimum atomic E-state index is -10.7. The Kier molecular flexibility index (Phi) is 6.95. The number of aromatic nitrogens is 1. The molecule has 2 heterocycles. The Morgan fingerprint density at radius 2 is 1.28 bits per heavy atom. The van der Waals surface area contributed by atoms with E-state index in [2.05, 4.69) is 94.1 Å². The number of fused-ring (bicyclic) bond motifs is 1. The molecular weight excluding hydrogens is 427 g/mol. The van der Waals surface area contributed by atoms with Gasteiger partial charge in [-0.1, -0.05) is 47.5 Å². The van der Waals surface area contributed by atoms with Crippen LogP contribution in [0.3, 0.4) is 0 Å². The van der Waals surface area contributed by atoms with Crippen LogP contribution in [-0.2, 0) is 0 Å². The van der Waals surface area contributed by atoms with Gasteiger partial charge in [-0.3, -0.25) is 0 Å². The fourth-order valence-electron chi connectivity index (χ4n) is 3.79. The average molecular weight is 455 g/mol. The van der Waals surface area contributed by atoms with Gasteiger partial charge in [0.05, 0.1) is 0 Å². The summed E-state index contributed by atoms with van der Waals surface area (Å²) >= 11 is 0. The van der Waals surface area contributed by atoms with E-state index in [-0.39, 0.29) is 0 Å². The van der Waals surface area contributed by atoms with Crippen LogP contribution in [0.5, 0.6) is 0 Å². The maximum atomic E-state index is 9.87. The molecule has 0 fully saturated rings. The van der Waals surface area contributed by atoms with Crippen LogP contribution in [0, 0.1) is 11.5 Å². The van der Waals surface area contributed by atoms with Gasteiger partial charge in [0.1, 0.15) is 8.07 Å². The molecule has 2 rings (SSSR count). The molecule has 0 atom stereocenters. The van der Waals surface area contributed by atoms with Crippen molar-refractivity contribution in [3.8, 4) is 11.5 Å². The van der Waals surface area contributed by atoms with Gasteiger partial charge < -0.3 is 0 Å². The number of pyridine rings is 2. The third kappa shape index (κ3) is 8.75. The number of hydrogen-bond donors (Lipinski definition) is 0. The molecule has 1 nitrogen and oxygen atoms in total. The Bertz CT molecular complexity index is 878. The fourth-order valence-corrected chi connectivity index (χ4v) is 9.01. The molecule has 0 spiro atoms. The van der Waals surface area contributed by atoms with Crippen LogP contribution in [0.4, 0.5) is 25.2 Å². The van der Waals surface area contributed by atoms with Crippen LogP contribution in [0.2, 0.25) is 16.6 Å². The second-order valence-electron chi connectivity index (χ2n) is 8.05. The molecule has 164 valence electrons. The molecule has 2 aromatic heterocycles. The second-order valence-corrected chi connectivity index (χ2v) is 15.6. The van der Waals surface area contributed by atoms with E-state index in [1.807, 2.05) is 6.07 Å².